The largest absolute Gasteiger partial charge is 0.466 e. The molecule has 0 aliphatic carbocycles. The van der Waals surface area contributed by atoms with Crippen LogP contribution in [0, 0.1) is 5.92 Å². The summed E-state index contributed by atoms with van der Waals surface area (Å²) in [6, 6.07) is 3.59. The highest BCUT2D eigenvalue weighted by Crippen LogP contribution is 2.48. The Bertz CT molecular complexity index is 1850. The summed E-state index contributed by atoms with van der Waals surface area (Å²) in [6.07, 6.45) is -15.3. The lowest BCUT2D eigenvalue weighted by atomic mass is 9.80. The van der Waals surface area contributed by atoms with Crippen molar-refractivity contribution >= 4 is 23.4 Å². The number of benzene rings is 2. The van der Waals surface area contributed by atoms with Crippen molar-refractivity contribution in [3.63, 3.8) is 0 Å². The number of hydrogen-bond donors (Lipinski definition) is 1. The van der Waals surface area contributed by atoms with Crippen molar-refractivity contribution in [2.45, 2.75) is 76.1 Å². The molecule has 1 saturated heterocycles. The average molecular weight is 794 g/mol. The van der Waals surface area contributed by atoms with Gasteiger partial charge in [-0.15, -0.1) is 0 Å². The lowest BCUT2D eigenvalue weighted by molar-refractivity contribution is -0.148. The predicted molar refractivity (Wildman–Crippen MR) is 178 cm³/mol. The van der Waals surface area contributed by atoms with Crippen LogP contribution in [0.15, 0.2) is 42.6 Å². The summed E-state index contributed by atoms with van der Waals surface area (Å²) in [5.41, 5.74) is 0.322. The van der Waals surface area contributed by atoms with E-state index in [9.17, 15) is 53.5 Å². The molecule has 2 N–H and O–H groups in total. The van der Waals surface area contributed by atoms with Crippen LogP contribution in [0.4, 0.5) is 60.1 Å². The molecule has 0 bridgehead atoms. The van der Waals surface area contributed by atoms with Crippen LogP contribution in [-0.2, 0) is 39.2 Å². The number of nitrogens with two attached hydrogens (primary N) is 1. The number of halogens is 10. The molecule has 1 amide bonds. The molecule has 5 rings (SSSR count). The molecular weight excluding hydrogens is 756 g/mol. The van der Waals surface area contributed by atoms with Gasteiger partial charge in [-0.3, -0.25) is 9.69 Å². The van der Waals surface area contributed by atoms with Crippen molar-refractivity contribution < 1.29 is 63.0 Å². The Balaban J connectivity index is 1.67. The number of alkyl halides is 10. The maximum Gasteiger partial charge on any atom is 0.416 e. The molecule has 0 spiro atoms. The quantitative estimate of drug-likeness (QED) is 0.170. The third-order valence-electron chi connectivity index (χ3n) is 9.72. The van der Waals surface area contributed by atoms with Gasteiger partial charge < -0.3 is 20.1 Å². The Morgan fingerprint density at radius 2 is 1.49 bits per heavy atom. The lowest BCUT2D eigenvalue weighted by Crippen LogP contribution is -2.61. The van der Waals surface area contributed by atoms with Gasteiger partial charge in [0.1, 0.15) is 24.8 Å². The topological polar surface area (TPSA) is 111 Å². The summed E-state index contributed by atoms with van der Waals surface area (Å²) < 4.78 is 148. The number of amides is 1. The first kappa shape index (κ1) is 41.5. The number of fused-ring (bicyclic) bond motifs is 1. The monoisotopic (exact) mass is 793 g/mol. The van der Waals surface area contributed by atoms with Crippen LogP contribution in [0.2, 0.25) is 0 Å². The molecule has 3 heterocycles. The number of ether oxygens (including phenoxy) is 2. The van der Waals surface area contributed by atoms with E-state index in [4.69, 9.17) is 15.2 Å². The summed E-state index contributed by atoms with van der Waals surface area (Å²) in [5.74, 6) is -2.26. The van der Waals surface area contributed by atoms with E-state index in [0.717, 1.165) is 17.0 Å². The van der Waals surface area contributed by atoms with E-state index >= 15 is 0 Å². The lowest BCUT2D eigenvalue weighted by Gasteiger charge is -2.46. The van der Waals surface area contributed by atoms with Crippen molar-refractivity contribution in [3.8, 4) is 0 Å². The Labute approximate surface area is 308 Å². The molecule has 2 atom stereocenters. The van der Waals surface area contributed by atoms with Gasteiger partial charge in [-0.1, -0.05) is 6.92 Å². The van der Waals surface area contributed by atoms with Crippen molar-refractivity contribution in [1.29, 1.82) is 0 Å². The molecule has 9 nitrogen and oxygen atoms in total. The number of piperidine rings is 1. The minimum atomic E-state index is -5.14. The second-order valence-electron chi connectivity index (χ2n) is 13.3. The van der Waals surface area contributed by atoms with Gasteiger partial charge >= 0.3 is 30.6 Å². The smallest absolute Gasteiger partial charge is 0.416 e. The molecule has 2 aliphatic heterocycles. The fourth-order valence-electron chi connectivity index (χ4n) is 6.93. The highest BCUT2D eigenvalue weighted by molar-refractivity contribution is 5.91. The maximum atomic E-state index is 14.0. The molecular formula is C36H37F10N5O4. The summed E-state index contributed by atoms with van der Waals surface area (Å²) in [4.78, 5) is 37.3. The van der Waals surface area contributed by atoms with E-state index in [-0.39, 0.29) is 67.1 Å². The minimum absolute atomic E-state index is 0.000504. The van der Waals surface area contributed by atoms with E-state index in [1.165, 1.54) is 6.20 Å². The van der Waals surface area contributed by atoms with E-state index in [1.807, 2.05) is 0 Å². The van der Waals surface area contributed by atoms with Crippen molar-refractivity contribution in [2.24, 2.45) is 11.7 Å². The second-order valence-corrected chi connectivity index (χ2v) is 13.3. The predicted octanol–water partition coefficient (Wildman–Crippen LogP) is 8.42. The van der Waals surface area contributed by atoms with Gasteiger partial charge in [0.15, 0.2) is 0 Å². The Morgan fingerprint density at radius 3 is 2.04 bits per heavy atom. The zero-order valence-corrected chi connectivity index (χ0v) is 29.5. The molecule has 2 aromatic carbocycles. The zero-order valence-electron chi connectivity index (χ0n) is 29.5. The molecule has 2 aliphatic rings. The molecule has 1 fully saturated rings. The Kier molecular flexibility index (Phi) is 11.9. The summed E-state index contributed by atoms with van der Waals surface area (Å²) in [5, 5.41) is 0. The average Bonchev–Trinajstić information content (AvgIpc) is 3.12. The SMILES string of the molecule is CCOC(=O)C1CCN(c2cnc([C@H]3C[C@@](N)(CC)N(C(=O)OCCF)c4ccc(C(F)(F)F)cc43)nc2Cc2cc(C(F)(F)F)cc(C(F)(F)F)c2)CC1. The van der Waals surface area contributed by atoms with E-state index in [2.05, 4.69) is 9.97 Å². The van der Waals surface area contributed by atoms with Gasteiger partial charge in [-0.2, -0.15) is 39.5 Å². The third kappa shape index (κ3) is 9.07. The van der Waals surface area contributed by atoms with Crippen LogP contribution >= 0.6 is 0 Å². The highest BCUT2D eigenvalue weighted by atomic mass is 19.4. The molecule has 300 valence electrons. The van der Waals surface area contributed by atoms with Gasteiger partial charge in [0.05, 0.1) is 52.5 Å². The van der Waals surface area contributed by atoms with Crippen molar-refractivity contribution in [1.82, 2.24) is 9.97 Å². The number of hydrogen-bond acceptors (Lipinski definition) is 8. The van der Waals surface area contributed by atoms with Gasteiger partial charge in [0.25, 0.3) is 0 Å². The first-order valence-corrected chi connectivity index (χ1v) is 17.3. The van der Waals surface area contributed by atoms with E-state index < -0.39 is 90.0 Å². The van der Waals surface area contributed by atoms with Crippen molar-refractivity contribution in [2.75, 3.05) is 42.8 Å². The molecule has 55 heavy (non-hydrogen) atoms. The fourth-order valence-corrected chi connectivity index (χ4v) is 6.93. The number of carbonyl (C=O) groups excluding carboxylic acids is 2. The van der Waals surface area contributed by atoms with Crippen LogP contribution < -0.4 is 15.5 Å². The molecule has 3 aromatic rings. The van der Waals surface area contributed by atoms with Crippen LogP contribution in [0.5, 0.6) is 0 Å². The normalized spacial score (nSPS) is 19.6. The summed E-state index contributed by atoms with van der Waals surface area (Å²) in [7, 11) is 0. The fraction of sp³-hybridized carbons (Fsp3) is 0.500. The van der Waals surface area contributed by atoms with E-state index in [1.54, 1.807) is 18.7 Å². The number of nitrogens with zero attached hydrogens (tertiary/aromatic N) is 4. The minimum Gasteiger partial charge on any atom is -0.466 e. The standard InChI is InChI=1S/C36H37F10N5O4/c1-3-33(47)18-26(25-17-22(34(38,39)40)5-6-28(25)51(33)32(53)55-12-9-37)30-48-19-29(50-10-7-21(8-11-50)31(52)54-4-2)27(49-30)15-20-13-23(35(41,42)43)16-24(14-20)36(44,45)46/h5-6,13-14,16-17,19,21,26H,3-4,7-12,15,18,47H2,1-2H3/t26-,33+/m0/s1. The first-order chi connectivity index (χ1) is 25.7. The first-order valence-electron chi connectivity index (χ1n) is 17.3. The number of esters is 1. The number of aromatic nitrogens is 2. The Hall–Kier alpha value is -4.68. The number of anilines is 2. The summed E-state index contributed by atoms with van der Waals surface area (Å²) >= 11 is 0. The zero-order chi connectivity index (χ0) is 40.5. The van der Waals surface area contributed by atoms with Crippen LogP contribution in [0.1, 0.15) is 84.8 Å². The molecule has 19 heteroatoms. The molecule has 1 aromatic heterocycles. The number of rotatable bonds is 9. The van der Waals surface area contributed by atoms with Gasteiger partial charge in [0.2, 0.25) is 0 Å². The molecule has 0 radical (unpaired) electrons. The summed E-state index contributed by atoms with van der Waals surface area (Å²) in [6.45, 7) is 2.08. The van der Waals surface area contributed by atoms with Gasteiger partial charge in [-0.25, -0.2) is 19.2 Å². The Morgan fingerprint density at radius 1 is 0.873 bits per heavy atom. The van der Waals surface area contributed by atoms with Crippen LogP contribution in [-0.4, -0.2) is 60.7 Å². The van der Waals surface area contributed by atoms with Crippen LogP contribution in [0.3, 0.4) is 0 Å². The third-order valence-corrected chi connectivity index (χ3v) is 9.72. The van der Waals surface area contributed by atoms with E-state index in [0.29, 0.717) is 31.0 Å². The maximum absolute atomic E-state index is 14.0. The highest BCUT2D eigenvalue weighted by Gasteiger charge is 2.47. The van der Waals surface area contributed by atoms with Gasteiger partial charge in [0, 0.05) is 25.4 Å². The molecule has 0 unspecified atom stereocenters. The second kappa shape index (κ2) is 15.8. The van der Waals surface area contributed by atoms with Gasteiger partial charge in [-0.05, 0) is 80.1 Å². The van der Waals surface area contributed by atoms with Crippen LogP contribution in [0.25, 0.3) is 0 Å². The van der Waals surface area contributed by atoms with Crippen molar-refractivity contribution in [3.05, 3.63) is 81.9 Å². The number of carbonyl (C=O) groups is 2. The molecule has 0 saturated carbocycles.